The summed E-state index contributed by atoms with van der Waals surface area (Å²) in [5, 5.41) is 0. The molecule has 1 aromatic carbocycles. The van der Waals surface area contributed by atoms with Gasteiger partial charge >= 0.3 is 5.97 Å². The summed E-state index contributed by atoms with van der Waals surface area (Å²) in [6, 6.07) is 7.62. The zero-order valence-electron chi connectivity index (χ0n) is 13.1. The topological polar surface area (TPSA) is 52.6 Å². The number of esters is 1. The van der Waals surface area contributed by atoms with E-state index in [4.69, 9.17) is 9.47 Å². The fraction of sp³-hybridized carbons (Fsp3) is 0.444. The highest BCUT2D eigenvalue weighted by Gasteiger charge is 2.48. The molecular formula is C18H22O4. The first-order chi connectivity index (χ1) is 10.6. The molecule has 0 aliphatic heterocycles. The quantitative estimate of drug-likeness (QED) is 0.597. The summed E-state index contributed by atoms with van der Waals surface area (Å²) in [6.07, 6.45) is 6.02. The SMILES string of the molecule is CCOC(=O)C1(C/C=C/c2ccc(OC)cc2)CCCC1=O. The van der Waals surface area contributed by atoms with Gasteiger partial charge in [0.2, 0.25) is 0 Å². The van der Waals surface area contributed by atoms with Gasteiger partial charge < -0.3 is 9.47 Å². The van der Waals surface area contributed by atoms with Crippen LogP contribution >= 0.6 is 0 Å². The lowest BCUT2D eigenvalue weighted by Crippen LogP contribution is -2.36. The number of carbonyl (C=O) groups is 2. The van der Waals surface area contributed by atoms with Gasteiger partial charge in [-0.15, -0.1) is 0 Å². The molecule has 0 spiro atoms. The fourth-order valence-electron chi connectivity index (χ4n) is 2.83. The van der Waals surface area contributed by atoms with Gasteiger partial charge in [-0.05, 0) is 43.9 Å². The number of Topliss-reactive ketones (excluding diaryl/α,β-unsaturated/α-hetero) is 1. The molecule has 0 saturated heterocycles. The summed E-state index contributed by atoms with van der Waals surface area (Å²) < 4.78 is 10.2. The van der Waals surface area contributed by atoms with Gasteiger partial charge in [-0.1, -0.05) is 24.3 Å². The number of hydrogen-bond donors (Lipinski definition) is 0. The molecule has 1 unspecified atom stereocenters. The second kappa shape index (κ2) is 7.25. The molecule has 1 fully saturated rings. The summed E-state index contributed by atoms with van der Waals surface area (Å²) in [7, 11) is 1.62. The fourth-order valence-corrected chi connectivity index (χ4v) is 2.83. The third-order valence-electron chi connectivity index (χ3n) is 4.10. The Morgan fingerprint density at radius 3 is 2.59 bits per heavy atom. The van der Waals surface area contributed by atoms with E-state index in [-0.39, 0.29) is 11.8 Å². The Labute approximate surface area is 131 Å². The van der Waals surface area contributed by atoms with Crippen LogP contribution in [0.1, 0.15) is 38.2 Å². The largest absolute Gasteiger partial charge is 0.497 e. The third-order valence-corrected chi connectivity index (χ3v) is 4.10. The number of rotatable bonds is 6. The summed E-state index contributed by atoms with van der Waals surface area (Å²) in [5.74, 6) is 0.424. The smallest absolute Gasteiger partial charge is 0.319 e. The molecule has 0 heterocycles. The van der Waals surface area contributed by atoms with Crippen LogP contribution in [0, 0.1) is 5.41 Å². The van der Waals surface area contributed by atoms with Crippen LogP contribution in [0.3, 0.4) is 0 Å². The Kier molecular flexibility index (Phi) is 5.36. The Hall–Kier alpha value is -2.10. The highest BCUT2D eigenvalue weighted by molar-refractivity contribution is 6.05. The zero-order valence-corrected chi connectivity index (χ0v) is 13.1. The molecule has 0 N–H and O–H groups in total. The molecule has 4 nitrogen and oxygen atoms in total. The lowest BCUT2D eigenvalue weighted by Gasteiger charge is -2.23. The lowest BCUT2D eigenvalue weighted by atomic mass is 9.81. The van der Waals surface area contributed by atoms with Crippen LogP contribution in [0.2, 0.25) is 0 Å². The van der Waals surface area contributed by atoms with Crippen molar-refractivity contribution in [2.75, 3.05) is 13.7 Å². The molecule has 22 heavy (non-hydrogen) atoms. The number of carbonyl (C=O) groups excluding carboxylic acids is 2. The van der Waals surface area contributed by atoms with Crippen LogP contribution < -0.4 is 4.74 Å². The first-order valence-electron chi connectivity index (χ1n) is 7.63. The molecule has 1 aromatic rings. The van der Waals surface area contributed by atoms with E-state index in [9.17, 15) is 9.59 Å². The monoisotopic (exact) mass is 302 g/mol. The van der Waals surface area contributed by atoms with Crippen LogP contribution in [0.5, 0.6) is 5.75 Å². The molecule has 1 aliphatic carbocycles. The summed E-state index contributed by atoms with van der Waals surface area (Å²) in [5.41, 5.74) is 0.0316. The molecule has 1 saturated carbocycles. The van der Waals surface area contributed by atoms with E-state index in [1.165, 1.54) is 0 Å². The number of ketones is 1. The van der Waals surface area contributed by atoms with Crippen LogP contribution in [0.15, 0.2) is 30.3 Å². The predicted molar refractivity (Wildman–Crippen MR) is 84.6 cm³/mol. The van der Waals surface area contributed by atoms with Crippen molar-refractivity contribution >= 4 is 17.8 Å². The second-order valence-electron chi connectivity index (χ2n) is 5.46. The summed E-state index contributed by atoms with van der Waals surface area (Å²) in [6.45, 7) is 2.06. The van der Waals surface area contributed by atoms with E-state index in [1.807, 2.05) is 36.4 Å². The number of methoxy groups -OCH3 is 1. The van der Waals surface area contributed by atoms with Crippen molar-refractivity contribution in [2.24, 2.45) is 5.41 Å². The number of ether oxygens (including phenoxy) is 2. The molecule has 0 radical (unpaired) electrons. The van der Waals surface area contributed by atoms with Crippen LogP contribution in [0.4, 0.5) is 0 Å². The van der Waals surface area contributed by atoms with Gasteiger partial charge in [0.05, 0.1) is 13.7 Å². The van der Waals surface area contributed by atoms with Crippen molar-refractivity contribution in [3.05, 3.63) is 35.9 Å². The van der Waals surface area contributed by atoms with Gasteiger partial charge in [0.1, 0.15) is 11.2 Å². The second-order valence-corrected chi connectivity index (χ2v) is 5.46. The minimum absolute atomic E-state index is 0.00494. The van der Waals surface area contributed by atoms with Crippen molar-refractivity contribution in [3.63, 3.8) is 0 Å². The van der Waals surface area contributed by atoms with Crippen LogP contribution in [-0.4, -0.2) is 25.5 Å². The highest BCUT2D eigenvalue weighted by atomic mass is 16.5. The lowest BCUT2D eigenvalue weighted by molar-refractivity contribution is -0.158. The van der Waals surface area contributed by atoms with Crippen molar-refractivity contribution < 1.29 is 19.1 Å². The average Bonchev–Trinajstić information content (AvgIpc) is 2.90. The van der Waals surface area contributed by atoms with E-state index in [2.05, 4.69) is 0 Å². The maximum absolute atomic E-state index is 12.2. The van der Waals surface area contributed by atoms with Gasteiger partial charge in [0.15, 0.2) is 5.78 Å². The van der Waals surface area contributed by atoms with Gasteiger partial charge in [-0.2, -0.15) is 0 Å². The molecule has 2 rings (SSSR count). The van der Waals surface area contributed by atoms with Crippen LogP contribution in [0.25, 0.3) is 6.08 Å². The van der Waals surface area contributed by atoms with Gasteiger partial charge in [0.25, 0.3) is 0 Å². The van der Waals surface area contributed by atoms with Crippen molar-refractivity contribution in [1.82, 2.24) is 0 Å². The van der Waals surface area contributed by atoms with E-state index in [1.54, 1.807) is 14.0 Å². The summed E-state index contributed by atoms with van der Waals surface area (Å²) in [4.78, 5) is 24.4. The summed E-state index contributed by atoms with van der Waals surface area (Å²) >= 11 is 0. The van der Waals surface area contributed by atoms with Gasteiger partial charge in [0, 0.05) is 6.42 Å². The number of allylic oxidation sites excluding steroid dienone is 1. The first kappa shape index (κ1) is 16.3. The predicted octanol–water partition coefficient (Wildman–Crippen LogP) is 3.40. The maximum Gasteiger partial charge on any atom is 0.319 e. The highest BCUT2D eigenvalue weighted by Crippen LogP contribution is 2.39. The van der Waals surface area contributed by atoms with Crippen LogP contribution in [-0.2, 0) is 14.3 Å². The van der Waals surface area contributed by atoms with E-state index < -0.39 is 5.41 Å². The van der Waals surface area contributed by atoms with Crippen molar-refractivity contribution in [2.45, 2.75) is 32.6 Å². The number of hydrogen-bond acceptors (Lipinski definition) is 4. The van der Waals surface area contributed by atoms with E-state index >= 15 is 0 Å². The molecule has 0 amide bonds. The minimum atomic E-state index is -0.973. The normalized spacial score (nSPS) is 21.3. The Morgan fingerprint density at radius 2 is 2.05 bits per heavy atom. The van der Waals surface area contributed by atoms with Crippen molar-refractivity contribution in [1.29, 1.82) is 0 Å². The molecule has 0 bridgehead atoms. The van der Waals surface area contributed by atoms with Gasteiger partial charge in [-0.25, -0.2) is 0 Å². The Balaban J connectivity index is 2.09. The van der Waals surface area contributed by atoms with Gasteiger partial charge in [-0.3, -0.25) is 9.59 Å². The first-order valence-corrected chi connectivity index (χ1v) is 7.63. The molecule has 1 atom stereocenters. The third kappa shape index (κ3) is 3.38. The molecule has 118 valence electrons. The average molecular weight is 302 g/mol. The maximum atomic E-state index is 12.2. The number of benzene rings is 1. The molecule has 4 heteroatoms. The standard InChI is InChI=1S/C18H22O4/c1-3-22-17(20)18(13-5-7-16(18)19)12-4-6-14-8-10-15(21-2)11-9-14/h4,6,8-11H,3,5,7,12-13H2,1-2H3/b6-4+. The molecular weight excluding hydrogens is 280 g/mol. The van der Waals surface area contributed by atoms with Crippen molar-refractivity contribution in [3.8, 4) is 5.75 Å². The minimum Gasteiger partial charge on any atom is -0.497 e. The Bertz CT molecular complexity index is 559. The zero-order chi connectivity index (χ0) is 16.0. The molecule has 0 aromatic heterocycles. The van der Waals surface area contributed by atoms with E-state index in [0.29, 0.717) is 25.9 Å². The Morgan fingerprint density at radius 1 is 1.32 bits per heavy atom. The molecule has 1 aliphatic rings. The van der Waals surface area contributed by atoms with E-state index in [0.717, 1.165) is 17.7 Å².